The Morgan fingerprint density at radius 3 is 2.67 bits per heavy atom. The number of benzene rings is 1. The van der Waals surface area contributed by atoms with Crippen molar-refractivity contribution >= 4 is 21.8 Å². The third-order valence-electron chi connectivity index (χ3n) is 3.27. The third-order valence-corrected chi connectivity index (χ3v) is 3.96. The topological polar surface area (TPSA) is 55.1 Å². The Balaban J connectivity index is 2.98. The number of carbonyl (C=O) groups is 1. The van der Waals surface area contributed by atoms with Crippen molar-refractivity contribution in [2.45, 2.75) is 26.3 Å². The van der Waals surface area contributed by atoms with E-state index in [1.807, 2.05) is 20.8 Å². The highest BCUT2D eigenvalue weighted by molar-refractivity contribution is 9.10. The lowest BCUT2D eigenvalue weighted by Gasteiger charge is -2.33. The summed E-state index contributed by atoms with van der Waals surface area (Å²) < 4.78 is 13.7. The van der Waals surface area contributed by atoms with Gasteiger partial charge in [0.2, 0.25) is 0 Å². The minimum absolute atomic E-state index is 0.179. The molecule has 0 aliphatic carbocycles. The van der Waals surface area contributed by atoms with Crippen LogP contribution in [0.4, 0.5) is 4.39 Å². The van der Waals surface area contributed by atoms with Crippen LogP contribution >= 0.6 is 15.9 Å². The minimum atomic E-state index is -0.511. The maximum absolute atomic E-state index is 13.2. The summed E-state index contributed by atoms with van der Waals surface area (Å²) in [7, 11) is 0. The molecule has 1 unspecified atom stereocenters. The van der Waals surface area contributed by atoms with E-state index in [0.717, 1.165) is 0 Å². The standard InChI is InChI=1S/C13H18BrFN2O/c1-8(2)13(3,7-16)17-12(18)10-6-9(15)4-5-11(10)14/h4-6,8H,7,16H2,1-3H3,(H,17,18). The second-order valence-corrected chi connectivity index (χ2v) is 5.71. The molecule has 0 saturated heterocycles. The molecule has 1 aromatic carbocycles. The van der Waals surface area contributed by atoms with Crippen LogP contribution in [0.25, 0.3) is 0 Å². The van der Waals surface area contributed by atoms with E-state index >= 15 is 0 Å². The Morgan fingerprint density at radius 1 is 1.56 bits per heavy atom. The van der Waals surface area contributed by atoms with Gasteiger partial charge in [-0.2, -0.15) is 0 Å². The van der Waals surface area contributed by atoms with Gasteiger partial charge in [-0.15, -0.1) is 0 Å². The van der Waals surface area contributed by atoms with Gasteiger partial charge in [0.1, 0.15) is 5.82 Å². The smallest absolute Gasteiger partial charge is 0.253 e. The molecular weight excluding hydrogens is 299 g/mol. The van der Waals surface area contributed by atoms with E-state index in [9.17, 15) is 9.18 Å². The van der Waals surface area contributed by atoms with Gasteiger partial charge in [0.25, 0.3) is 5.91 Å². The Bertz CT molecular complexity index is 451. The molecule has 0 aliphatic heterocycles. The van der Waals surface area contributed by atoms with Crippen LogP contribution in [0, 0.1) is 11.7 Å². The first kappa shape index (κ1) is 15.1. The first-order chi connectivity index (χ1) is 8.30. The van der Waals surface area contributed by atoms with Crippen LogP contribution in [0.2, 0.25) is 0 Å². The Hall–Kier alpha value is -0.940. The lowest BCUT2D eigenvalue weighted by molar-refractivity contribution is 0.0882. The second-order valence-electron chi connectivity index (χ2n) is 4.85. The summed E-state index contributed by atoms with van der Waals surface area (Å²) in [6.07, 6.45) is 0. The summed E-state index contributed by atoms with van der Waals surface area (Å²) in [4.78, 5) is 12.1. The Morgan fingerprint density at radius 2 is 2.17 bits per heavy atom. The fourth-order valence-corrected chi connectivity index (χ4v) is 1.86. The van der Waals surface area contributed by atoms with Crippen molar-refractivity contribution in [3.8, 4) is 0 Å². The zero-order chi connectivity index (χ0) is 13.9. The van der Waals surface area contributed by atoms with E-state index in [-0.39, 0.29) is 17.4 Å². The largest absolute Gasteiger partial charge is 0.345 e. The summed E-state index contributed by atoms with van der Waals surface area (Å²) in [5.74, 6) is -0.593. The van der Waals surface area contributed by atoms with Crippen molar-refractivity contribution in [3.05, 3.63) is 34.1 Å². The summed E-state index contributed by atoms with van der Waals surface area (Å²) in [5, 5.41) is 2.87. The molecule has 100 valence electrons. The van der Waals surface area contributed by atoms with Crippen molar-refractivity contribution in [1.82, 2.24) is 5.32 Å². The van der Waals surface area contributed by atoms with Crippen LogP contribution in [-0.2, 0) is 0 Å². The molecule has 1 atom stereocenters. The van der Waals surface area contributed by atoms with Gasteiger partial charge >= 0.3 is 0 Å². The van der Waals surface area contributed by atoms with E-state index in [4.69, 9.17) is 5.73 Å². The molecule has 0 radical (unpaired) electrons. The van der Waals surface area contributed by atoms with Crippen molar-refractivity contribution in [1.29, 1.82) is 0 Å². The second kappa shape index (κ2) is 5.80. The predicted octanol–water partition coefficient (Wildman–Crippen LogP) is 2.69. The molecule has 18 heavy (non-hydrogen) atoms. The van der Waals surface area contributed by atoms with E-state index in [0.29, 0.717) is 11.0 Å². The maximum atomic E-state index is 13.2. The summed E-state index contributed by atoms with van der Waals surface area (Å²) >= 11 is 3.24. The molecule has 5 heteroatoms. The van der Waals surface area contributed by atoms with Gasteiger partial charge in [0.15, 0.2) is 0 Å². The van der Waals surface area contributed by atoms with Crippen molar-refractivity contribution in [3.63, 3.8) is 0 Å². The van der Waals surface area contributed by atoms with Gasteiger partial charge in [0, 0.05) is 11.0 Å². The van der Waals surface area contributed by atoms with Gasteiger partial charge in [-0.25, -0.2) is 4.39 Å². The van der Waals surface area contributed by atoms with Crippen molar-refractivity contribution < 1.29 is 9.18 Å². The van der Waals surface area contributed by atoms with Gasteiger partial charge in [-0.1, -0.05) is 13.8 Å². The van der Waals surface area contributed by atoms with Crippen molar-refractivity contribution in [2.75, 3.05) is 6.54 Å². The molecule has 0 heterocycles. The number of carbonyl (C=O) groups excluding carboxylic acids is 1. The number of nitrogens with one attached hydrogen (secondary N) is 1. The summed E-state index contributed by atoms with van der Waals surface area (Å²) in [6, 6.07) is 4.02. The fraction of sp³-hybridized carbons (Fsp3) is 0.462. The lowest BCUT2D eigenvalue weighted by Crippen LogP contribution is -2.55. The third kappa shape index (κ3) is 3.29. The van der Waals surface area contributed by atoms with Crippen LogP contribution in [-0.4, -0.2) is 18.0 Å². The highest BCUT2D eigenvalue weighted by Gasteiger charge is 2.29. The molecule has 3 N–H and O–H groups in total. The monoisotopic (exact) mass is 316 g/mol. The highest BCUT2D eigenvalue weighted by atomic mass is 79.9. The molecule has 0 fully saturated rings. The molecule has 0 aliphatic rings. The van der Waals surface area contributed by atoms with Crippen molar-refractivity contribution in [2.24, 2.45) is 11.7 Å². The molecule has 0 aromatic heterocycles. The molecule has 0 bridgehead atoms. The van der Waals surface area contributed by atoms with Crippen LogP contribution in [0.15, 0.2) is 22.7 Å². The first-order valence-corrected chi connectivity index (χ1v) is 6.57. The minimum Gasteiger partial charge on any atom is -0.345 e. The number of hydrogen-bond acceptors (Lipinski definition) is 2. The molecule has 0 spiro atoms. The Labute approximate surface area is 115 Å². The first-order valence-electron chi connectivity index (χ1n) is 5.78. The number of amides is 1. The summed E-state index contributed by atoms with van der Waals surface area (Å²) in [5.41, 5.74) is 5.46. The quantitative estimate of drug-likeness (QED) is 0.897. The SMILES string of the molecule is CC(C)C(C)(CN)NC(=O)c1cc(F)ccc1Br. The average molecular weight is 317 g/mol. The number of nitrogens with two attached hydrogens (primary N) is 1. The van der Waals surface area contributed by atoms with Gasteiger partial charge < -0.3 is 11.1 Å². The lowest BCUT2D eigenvalue weighted by atomic mass is 9.88. The number of halogens is 2. The molecule has 1 rings (SSSR count). The van der Waals surface area contributed by atoms with Crippen LogP contribution in [0.5, 0.6) is 0 Å². The maximum Gasteiger partial charge on any atom is 0.253 e. The van der Waals surface area contributed by atoms with Crippen LogP contribution in [0.3, 0.4) is 0 Å². The summed E-state index contributed by atoms with van der Waals surface area (Å²) in [6.45, 7) is 6.16. The number of rotatable bonds is 4. The zero-order valence-corrected chi connectivity index (χ0v) is 12.3. The molecule has 3 nitrogen and oxygen atoms in total. The van der Waals surface area contributed by atoms with Gasteiger partial charge in [-0.3, -0.25) is 4.79 Å². The molecule has 0 saturated carbocycles. The van der Waals surface area contributed by atoms with E-state index in [1.165, 1.54) is 18.2 Å². The fourth-order valence-electron chi connectivity index (χ4n) is 1.43. The van der Waals surface area contributed by atoms with Gasteiger partial charge in [0.05, 0.1) is 11.1 Å². The van der Waals surface area contributed by atoms with Gasteiger partial charge in [-0.05, 0) is 47.0 Å². The van der Waals surface area contributed by atoms with Crippen LogP contribution in [0.1, 0.15) is 31.1 Å². The Kier molecular flexibility index (Phi) is 4.87. The van der Waals surface area contributed by atoms with E-state index in [1.54, 1.807) is 0 Å². The number of hydrogen-bond donors (Lipinski definition) is 2. The molecule has 1 amide bonds. The van der Waals surface area contributed by atoms with Crippen LogP contribution < -0.4 is 11.1 Å². The van der Waals surface area contributed by atoms with E-state index in [2.05, 4.69) is 21.2 Å². The average Bonchev–Trinajstić information content (AvgIpc) is 2.31. The zero-order valence-electron chi connectivity index (χ0n) is 10.8. The predicted molar refractivity (Wildman–Crippen MR) is 73.9 cm³/mol. The van der Waals surface area contributed by atoms with E-state index < -0.39 is 11.4 Å². The normalized spacial score (nSPS) is 14.4. The molecule has 1 aromatic rings. The highest BCUT2D eigenvalue weighted by Crippen LogP contribution is 2.20. The molecular formula is C13H18BrFN2O.